The summed E-state index contributed by atoms with van der Waals surface area (Å²) in [6.07, 6.45) is -1.61. The van der Waals surface area contributed by atoms with Crippen LogP contribution >= 0.6 is 24.8 Å². The highest BCUT2D eigenvalue weighted by Crippen LogP contribution is 2.26. The van der Waals surface area contributed by atoms with Gasteiger partial charge in [0.25, 0.3) is 0 Å². The van der Waals surface area contributed by atoms with Crippen LogP contribution in [0.1, 0.15) is 11.1 Å². The SMILES string of the molecule is CN(Cc1ccccc1)[C@H]1[C@H](O)[C@H](CO)O[C@@H]1CNCc1ccc(F)cc1.Cl.Cl. The second-order valence-corrected chi connectivity index (χ2v) is 7.03. The minimum absolute atomic E-state index is 0. The molecule has 2 aromatic carbocycles. The van der Waals surface area contributed by atoms with E-state index < -0.39 is 12.2 Å². The Morgan fingerprint density at radius 3 is 2.28 bits per heavy atom. The van der Waals surface area contributed by atoms with E-state index in [4.69, 9.17) is 4.74 Å². The number of hydrogen-bond acceptors (Lipinski definition) is 5. The van der Waals surface area contributed by atoms with Crippen molar-refractivity contribution < 1.29 is 19.3 Å². The summed E-state index contributed by atoms with van der Waals surface area (Å²) in [4.78, 5) is 2.07. The van der Waals surface area contributed by atoms with Crippen molar-refractivity contribution in [1.29, 1.82) is 0 Å². The van der Waals surface area contributed by atoms with E-state index in [2.05, 4.69) is 10.2 Å². The van der Waals surface area contributed by atoms with Crippen LogP contribution < -0.4 is 5.32 Å². The number of nitrogens with zero attached hydrogens (tertiary/aromatic N) is 1. The first-order valence-corrected chi connectivity index (χ1v) is 9.22. The van der Waals surface area contributed by atoms with Crippen molar-refractivity contribution in [3.8, 4) is 0 Å². The maximum absolute atomic E-state index is 13.0. The second kappa shape index (κ2) is 12.4. The molecule has 1 heterocycles. The van der Waals surface area contributed by atoms with E-state index in [9.17, 15) is 14.6 Å². The van der Waals surface area contributed by atoms with Crippen LogP contribution in [-0.4, -0.2) is 59.7 Å². The molecule has 1 aliphatic rings. The standard InChI is InChI=1S/C21H27FN2O3.2ClH/c1-24(13-16-5-3-2-4-6-16)20-18(27-19(14-25)21(20)26)12-23-11-15-7-9-17(22)10-8-15;;/h2-10,18-21,23,25-26H,11-14H2,1H3;2*1H/t18-,19+,20-,21-;;/m1../s1. The average molecular weight is 447 g/mol. The van der Waals surface area contributed by atoms with Crippen molar-refractivity contribution in [3.05, 3.63) is 71.5 Å². The molecule has 0 spiro atoms. The Morgan fingerprint density at radius 2 is 1.66 bits per heavy atom. The summed E-state index contributed by atoms with van der Waals surface area (Å²) in [6, 6.07) is 16.2. The zero-order valence-electron chi connectivity index (χ0n) is 16.3. The third kappa shape index (κ3) is 6.89. The molecule has 2 aromatic rings. The van der Waals surface area contributed by atoms with E-state index in [0.717, 1.165) is 11.1 Å². The summed E-state index contributed by atoms with van der Waals surface area (Å²) in [5.41, 5.74) is 2.13. The van der Waals surface area contributed by atoms with Gasteiger partial charge in [-0.3, -0.25) is 4.90 Å². The van der Waals surface area contributed by atoms with E-state index in [1.54, 1.807) is 12.1 Å². The topological polar surface area (TPSA) is 65.0 Å². The third-order valence-corrected chi connectivity index (χ3v) is 5.01. The molecule has 1 aliphatic heterocycles. The monoisotopic (exact) mass is 446 g/mol. The summed E-state index contributed by atoms with van der Waals surface area (Å²) < 4.78 is 18.9. The molecule has 0 aliphatic carbocycles. The smallest absolute Gasteiger partial charge is 0.123 e. The molecular weight excluding hydrogens is 418 g/mol. The molecule has 0 amide bonds. The quantitative estimate of drug-likeness (QED) is 0.580. The lowest BCUT2D eigenvalue weighted by atomic mass is 10.0. The predicted molar refractivity (Wildman–Crippen MR) is 116 cm³/mol. The molecule has 0 bridgehead atoms. The van der Waals surface area contributed by atoms with Gasteiger partial charge in [0, 0.05) is 19.6 Å². The van der Waals surface area contributed by atoms with Crippen LogP contribution in [0.15, 0.2) is 54.6 Å². The van der Waals surface area contributed by atoms with Gasteiger partial charge in [0.2, 0.25) is 0 Å². The molecule has 0 saturated carbocycles. The molecule has 29 heavy (non-hydrogen) atoms. The van der Waals surface area contributed by atoms with Gasteiger partial charge in [-0.25, -0.2) is 4.39 Å². The van der Waals surface area contributed by atoms with Gasteiger partial charge >= 0.3 is 0 Å². The maximum atomic E-state index is 13.0. The van der Waals surface area contributed by atoms with Gasteiger partial charge < -0.3 is 20.3 Å². The van der Waals surface area contributed by atoms with Crippen molar-refractivity contribution >= 4 is 24.8 Å². The normalized spacial score (nSPS) is 23.5. The largest absolute Gasteiger partial charge is 0.394 e. The molecule has 1 saturated heterocycles. The van der Waals surface area contributed by atoms with E-state index >= 15 is 0 Å². The van der Waals surface area contributed by atoms with E-state index in [-0.39, 0.29) is 49.4 Å². The first-order chi connectivity index (χ1) is 13.1. The fraction of sp³-hybridized carbons (Fsp3) is 0.429. The Morgan fingerprint density at radius 1 is 1.00 bits per heavy atom. The van der Waals surface area contributed by atoms with Crippen LogP contribution in [-0.2, 0) is 17.8 Å². The Kier molecular flexibility index (Phi) is 11.1. The number of benzene rings is 2. The van der Waals surface area contributed by atoms with E-state index in [1.165, 1.54) is 12.1 Å². The van der Waals surface area contributed by atoms with Gasteiger partial charge in [-0.15, -0.1) is 24.8 Å². The van der Waals surface area contributed by atoms with Gasteiger partial charge in [-0.2, -0.15) is 0 Å². The van der Waals surface area contributed by atoms with Crippen LogP contribution in [0.25, 0.3) is 0 Å². The highest BCUT2D eigenvalue weighted by Gasteiger charge is 2.44. The van der Waals surface area contributed by atoms with Crippen LogP contribution in [0.3, 0.4) is 0 Å². The molecule has 5 nitrogen and oxygen atoms in total. The number of ether oxygens (including phenoxy) is 1. The lowest BCUT2D eigenvalue weighted by Crippen LogP contribution is -2.48. The number of nitrogens with one attached hydrogen (secondary N) is 1. The molecule has 8 heteroatoms. The van der Waals surface area contributed by atoms with E-state index in [0.29, 0.717) is 19.6 Å². The van der Waals surface area contributed by atoms with Crippen molar-refractivity contribution in [2.24, 2.45) is 0 Å². The molecular formula is C21H29Cl2FN2O3. The van der Waals surface area contributed by atoms with Crippen LogP contribution in [0, 0.1) is 5.82 Å². The highest BCUT2D eigenvalue weighted by molar-refractivity contribution is 5.85. The van der Waals surface area contributed by atoms with E-state index in [1.807, 2.05) is 37.4 Å². The average Bonchev–Trinajstić information content (AvgIpc) is 2.99. The summed E-state index contributed by atoms with van der Waals surface area (Å²) in [7, 11) is 1.96. The Labute approximate surface area is 183 Å². The molecule has 3 N–H and O–H groups in total. The molecule has 4 atom stereocenters. The number of likely N-dealkylation sites (N-methyl/N-ethyl adjacent to an activating group) is 1. The minimum Gasteiger partial charge on any atom is -0.394 e. The first kappa shape index (κ1) is 25.8. The Balaban J connectivity index is 0.00000210. The number of hydrogen-bond donors (Lipinski definition) is 3. The summed E-state index contributed by atoms with van der Waals surface area (Å²) in [5, 5.41) is 23.4. The van der Waals surface area contributed by atoms with Crippen molar-refractivity contribution in [2.45, 2.75) is 37.4 Å². The summed E-state index contributed by atoms with van der Waals surface area (Å²) in [5.74, 6) is -0.255. The van der Waals surface area contributed by atoms with Gasteiger partial charge in [0.05, 0.1) is 18.8 Å². The second-order valence-electron chi connectivity index (χ2n) is 7.03. The van der Waals surface area contributed by atoms with Gasteiger partial charge in [0.1, 0.15) is 18.0 Å². The summed E-state index contributed by atoms with van der Waals surface area (Å²) >= 11 is 0. The predicted octanol–water partition coefficient (Wildman–Crippen LogP) is 2.38. The first-order valence-electron chi connectivity index (χ1n) is 9.22. The third-order valence-electron chi connectivity index (χ3n) is 5.01. The Bertz CT molecular complexity index is 709. The number of halogens is 3. The zero-order valence-corrected chi connectivity index (χ0v) is 17.9. The molecule has 162 valence electrons. The molecule has 1 fully saturated rings. The van der Waals surface area contributed by atoms with Crippen LogP contribution in [0.2, 0.25) is 0 Å². The Hall–Kier alpha value is -1.25. The molecule has 0 radical (unpaired) electrons. The number of rotatable bonds is 8. The fourth-order valence-electron chi connectivity index (χ4n) is 3.63. The number of aliphatic hydroxyl groups excluding tert-OH is 2. The van der Waals surface area contributed by atoms with Crippen molar-refractivity contribution in [1.82, 2.24) is 10.2 Å². The lowest BCUT2D eigenvalue weighted by Gasteiger charge is -2.30. The maximum Gasteiger partial charge on any atom is 0.123 e. The van der Waals surface area contributed by atoms with Crippen molar-refractivity contribution in [3.63, 3.8) is 0 Å². The van der Waals surface area contributed by atoms with Crippen LogP contribution in [0.5, 0.6) is 0 Å². The zero-order chi connectivity index (χ0) is 19.2. The van der Waals surface area contributed by atoms with Gasteiger partial charge in [0.15, 0.2) is 0 Å². The number of aliphatic hydroxyl groups is 2. The fourth-order valence-corrected chi connectivity index (χ4v) is 3.63. The van der Waals surface area contributed by atoms with Crippen LogP contribution in [0.4, 0.5) is 4.39 Å². The van der Waals surface area contributed by atoms with Crippen molar-refractivity contribution in [2.75, 3.05) is 20.2 Å². The van der Waals surface area contributed by atoms with Gasteiger partial charge in [-0.1, -0.05) is 42.5 Å². The molecule has 3 rings (SSSR count). The molecule has 0 aromatic heterocycles. The lowest BCUT2D eigenvalue weighted by molar-refractivity contribution is -0.0213. The van der Waals surface area contributed by atoms with Gasteiger partial charge in [-0.05, 0) is 30.3 Å². The minimum atomic E-state index is -0.763. The molecule has 0 unspecified atom stereocenters. The highest BCUT2D eigenvalue weighted by atomic mass is 35.5. The summed E-state index contributed by atoms with van der Waals surface area (Å²) in [6.45, 7) is 1.56.